The fraction of sp³-hybridized carbons (Fsp3) is 0.250. The van der Waals surface area contributed by atoms with Crippen molar-refractivity contribution >= 4 is 0 Å². The highest BCUT2D eigenvalue weighted by Crippen LogP contribution is 1.97. The first-order valence-corrected chi connectivity index (χ1v) is 5.22. The van der Waals surface area contributed by atoms with Gasteiger partial charge in [-0.1, -0.05) is 0 Å². The summed E-state index contributed by atoms with van der Waals surface area (Å²) in [4.78, 5) is 12.4. The quantitative estimate of drug-likeness (QED) is 0.837. The maximum atomic E-state index is 4.27. The van der Waals surface area contributed by atoms with Crippen LogP contribution in [0.4, 0.5) is 0 Å². The third-order valence-electron chi connectivity index (χ3n) is 2.22. The number of nitrogens with one attached hydrogen (secondary N) is 1. The molecule has 0 atom stereocenters. The van der Waals surface area contributed by atoms with Crippen LogP contribution in [0.3, 0.4) is 0 Å². The van der Waals surface area contributed by atoms with Gasteiger partial charge in [-0.25, -0.2) is 0 Å². The molecule has 0 saturated heterocycles. The second kappa shape index (κ2) is 5.32. The number of aryl methyl sites for hydroxylation is 1. The van der Waals surface area contributed by atoms with Gasteiger partial charge < -0.3 is 5.32 Å². The van der Waals surface area contributed by atoms with E-state index in [0.717, 1.165) is 24.5 Å². The molecule has 2 rings (SSSR count). The van der Waals surface area contributed by atoms with Crippen molar-refractivity contribution in [3.63, 3.8) is 0 Å². The molecule has 4 heteroatoms. The minimum absolute atomic E-state index is 0.732. The van der Waals surface area contributed by atoms with Gasteiger partial charge in [-0.2, -0.15) is 0 Å². The predicted molar refractivity (Wildman–Crippen MR) is 61.5 cm³/mol. The van der Waals surface area contributed by atoms with E-state index in [4.69, 9.17) is 0 Å². The maximum Gasteiger partial charge on any atom is 0.0724 e. The predicted octanol–water partition coefficient (Wildman–Crippen LogP) is 1.47. The molecule has 16 heavy (non-hydrogen) atoms. The Bertz CT molecular complexity index is 425. The number of aromatic nitrogens is 3. The van der Waals surface area contributed by atoms with E-state index in [1.165, 1.54) is 5.56 Å². The van der Waals surface area contributed by atoms with Crippen LogP contribution in [0.5, 0.6) is 0 Å². The molecule has 0 amide bonds. The largest absolute Gasteiger partial charge is 0.307 e. The maximum absolute atomic E-state index is 4.27. The lowest BCUT2D eigenvalue weighted by Crippen LogP contribution is -2.13. The Balaban J connectivity index is 1.82. The number of pyridine rings is 1. The smallest absolute Gasteiger partial charge is 0.0724 e. The first-order valence-electron chi connectivity index (χ1n) is 5.22. The molecule has 0 aliphatic rings. The zero-order chi connectivity index (χ0) is 11.2. The molecule has 0 fully saturated rings. The summed E-state index contributed by atoms with van der Waals surface area (Å²) in [5.41, 5.74) is 3.12. The van der Waals surface area contributed by atoms with Crippen LogP contribution < -0.4 is 5.32 Å². The Morgan fingerprint density at radius 1 is 1.06 bits per heavy atom. The summed E-state index contributed by atoms with van der Waals surface area (Å²) in [6, 6.07) is 3.99. The average molecular weight is 214 g/mol. The van der Waals surface area contributed by atoms with Gasteiger partial charge in [-0.3, -0.25) is 15.0 Å². The summed E-state index contributed by atoms with van der Waals surface area (Å²) in [5, 5.41) is 3.31. The van der Waals surface area contributed by atoms with Gasteiger partial charge in [0.25, 0.3) is 0 Å². The monoisotopic (exact) mass is 214 g/mol. The van der Waals surface area contributed by atoms with E-state index in [1.807, 2.05) is 19.1 Å². The van der Waals surface area contributed by atoms with Gasteiger partial charge in [0.1, 0.15) is 0 Å². The molecule has 2 aromatic heterocycles. The van der Waals surface area contributed by atoms with E-state index in [1.54, 1.807) is 24.8 Å². The summed E-state index contributed by atoms with van der Waals surface area (Å²) in [6.45, 7) is 3.48. The van der Waals surface area contributed by atoms with E-state index in [0.29, 0.717) is 0 Å². The molecule has 0 aromatic carbocycles. The molecule has 0 bridgehead atoms. The first kappa shape index (κ1) is 10.7. The average Bonchev–Trinajstić information content (AvgIpc) is 2.33. The zero-order valence-electron chi connectivity index (χ0n) is 9.22. The third kappa shape index (κ3) is 3.10. The highest BCUT2D eigenvalue weighted by Gasteiger charge is 1.95. The molecule has 0 aliphatic heterocycles. The van der Waals surface area contributed by atoms with Crippen LogP contribution in [-0.4, -0.2) is 15.0 Å². The van der Waals surface area contributed by atoms with E-state index in [-0.39, 0.29) is 0 Å². The minimum Gasteiger partial charge on any atom is -0.307 e. The van der Waals surface area contributed by atoms with Crippen LogP contribution in [0, 0.1) is 6.92 Å². The van der Waals surface area contributed by atoms with Gasteiger partial charge >= 0.3 is 0 Å². The molecule has 0 radical (unpaired) electrons. The van der Waals surface area contributed by atoms with Gasteiger partial charge in [-0.15, -0.1) is 0 Å². The van der Waals surface area contributed by atoms with Crippen LogP contribution in [0.25, 0.3) is 0 Å². The van der Waals surface area contributed by atoms with Crippen molar-refractivity contribution in [2.75, 3.05) is 0 Å². The van der Waals surface area contributed by atoms with Crippen molar-refractivity contribution in [2.24, 2.45) is 0 Å². The lowest BCUT2D eigenvalue weighted by Gasteiger charge is -2.03. The van der Waals surface area contributed by atoms with Crippen LogP contribution in [-0.2, 0) is 13.1 Å². The summed E-state index contributed by atoms with van der Waals surface area (Å²) in [7, 11) is 0. The fourth-order valence-corrected chi connectivity index (χ4v) is 1.35. The van der Waals surface area contributed by atoms with Gasteiger partial charge in [0.15, 0.2) is 0 Å². The normalized spacial score (nSPS) is 10.3. The van der Waals surface area contributed by atoms with Crippen LogP contribution in [0.1, 0.15) is 17.0 Å². The standard InChI is InChI=1S/C12H14N4/c1-10-6-16-12(9-15-10)8-14-7-11-2-4-13-5-3-11/h2-6,9,14H,7-8H2,1H3. The first-order chi connectivity index (χ1) is 7.84. The Labute approximate surface area is 94.8 Å². The Hall–Kier alpha value is -1.81. The zero-order valence-corrected chi connectivity index (χ0v) is 9.22. The van der Waals surface area contributed by atoms with Gasteiger partial charge in [-0.05, 0) is 24.6 Å². The minimum atomic E-state index is 0.732. The molecule has 1 N–H and O–H groups in total. The topological polar surface area (TPSA) is 50.7 Å². The third-order valence-corrected chi connectivity index (χ3v) is 2.22. The SMILES string of the molecule is Cc1cnc(CNCc2ccncc2)cn1. The second-order valence-corrected chi connectivity index (χ2v) is 3.61. The molecule has 0 spiro atoms. The van der Waals surface area contributed by atoms with Crippen molar-refractivity contribution in [1.82, 2.24) is 20.3 Å². The number of nitrogens with zero attached hydrogens (tertiary/aromatic N) is 3. The molecule has 0 saturated carbocycles. The summed E-state index contributed by atoms with van der Waals surface area (Å²) in [5.74, 6) is 0. The van der Waals surface area contributed by atoms with Crippen molar-refractivity contribution in [2.45, 2.75) is 20.0 Å². The lowest BCUT2D eigenvalue weighted by molar-refractivity contribution is 0.675. The summed E-state index contributed by atoms with van der Waals surface area (Å²) >= 11 is 0. The number of hydrogen-bond acceptors (Lipinski definition) is 4. The van der Waals surface area contributed by atoms with Crippen molar-refractivity contribution < 1.29 is 0 Å². The van der Waals surface area contributed by atoms with Gasteiger partial charge in [0.05, 0.1) is 11.4 Å². The number of rotatable bonds is 4. The molecule has 0 unspecified atom stereocenters. The molecule has 0 aliphatic carbocycles. The fourth-order valence-electron chi connectivity index (χ4n) is 1.35. The molecule has 82 valence electrons. The summed E-state index contributed by atoms with van der Waals surface area (Å²) in [6.07, 6.45) is 7.17. The highest BCUT2D eigenvalue weighted by molar-refractivity contribution is 5.09. The van der Waals surface area contributed by atoms with E-state index >= 15 is 0 Å². The molecular formula is C12H14N4. The molecule has 2 heterocycles. The van der Waals surface area contributed by atoms with Crippen molar-refractivity contribution in [1.29, 1.82) is 0 Å². The molecular weight excluding hydrogens is 200 g/mol. The Kier molecular flexibility index (Phi) is 3.56. The highest BCUT2D eigenvalue weighted by atomic mass is 14.9. The van der Waals surface area contributed by atoms with Crippen molar-refractivity contribution in [3.8, 4) is 0 Å². The molecule has 2 aromatic rings. The van der Waals surface area contributed by atoms with Gasteiger partial charge in [0, 0.05) is 37.9 Å². The second-order valence-electron chi connectivity index (χ2n) is 3.61. The van der Waals surface area contributed by atoms with E-state index in [2.05, 4.69) is 20.3 Å². The van der Waals surface area contributed by atoms with Crippen LogP contribution >= 0.6 is 0 Å². The van der Waals surface area contributed by atoms with Crippen LogP contribution in [0.2, 0.25) is 0 Å². The van der Waals surface area contributed by atoms with Crippen molar-refractivity contribution in [3.05, 3.63) is 53.9 Å². The van der Waals surface area contributed by atoms with E-state index < -0.39 is 0 Å². The summed E-state index contributed by atoms with van der Waals surface area (Å²) < 4.78 is 0. The van der Waals surface area contributed by atoms with E-state index in [9.17, 15) is 0 Å². The molecule has 4 nitrogen and oxygen atoms in total. The Morgan fingerprint density at radius 3 is 2.56 bits per heavy atom. The Morgan fingerprint density at radius 2 is 1.88 bits per heavy atom. The van der Waals surface area contributed by atoms with Crippen LogP contribution in [0.15, 0.2) is 36.9 Å². The number of hydrogen-bond donors (Lipinski definition) is 1. The lowest BCUT2D eigenvalue weighted by atomic mass is 10.2. The van der Waals surface area contributed by atoms with Gasteiger partial charge in [0.2, 0.25) is 0 Å².